The zero-order valence-electron chi connectivity index (χ0n) is 13.6. The summed E-state index contributed by atoms with van der Waals surface area (Å²) in [5.41, 5.74) is 2.26. The minimum Gasteiger partial charge on any atom is -0.370 e. The quantitative estimate of drug-likeness (QED) is 0.894. The summed E-state index contributed by atoms with van der Waals surface area (Å²) in [5, 5.41) is 9.99. The zero-order chi connectivity index (χ0) is 16.4. The number of hydrogen-bond donors (Lipinski definition) is 2. The molecule has 3 rings (SSSR count). The molecule has 7 heteroatoms. The number of carbonyl (C=O) groups excluding carboxylic acids is 1. The van der Waals surface area contributed by atoms with Gasteiger partial charge in [0.05, 0.1) is 11.3 Å². The van der Waals surface area contributed by atoms with Crippen LogP contribution in [0.15, 0.2) is 12.1 Å². The summed E-state index contributed by atoms with van der Waals surface area (Å²) in [6.45, 7) is 6.80. The van der Waals surface area contributed by atoms with E-state index in [1.54, 1.807) is 0 Å². The van der Waals surface area contributed by atoms with E-state index < -0.39 is 0 Å². The smallest absolute Gasteiger partial charge is 0.253 e. The molecule has 0 saturated carbocycles. The van der Waals surface area contributed by atoms with Crippen molar-refractivity contribution >= 4 is 5.91 Å². The molecule has 23 heavy (non-hydrogen) atoms. The number of aromatic nitrogens is 4. The largest absolute Gasteiger partial charge is 0.370 e. The Balaban J connectivity index is 1.64. The van der Waals surface area contributed by atoms with Crippen molar-refractivity contribution in [2.75, 3.05) is 13.2 Å². The van der Waals surface area contributed by atoms with Crippen molar-refractivity contribution in [3.05, 3.63) is 40.7 Å². The van der Waals surface area contributed by atoms with Gasteiger partial charge in [-0.15, -0.1) is 0 Å². The molecule has 2 N–H and O–H groups in total. The Kier molecular flexibility index (Phi) is 4.38. The highest BCUT2D eigenvalue weighted by Gasteiger charge is 2.32. The number of hydrogen-bond acceptors (Lipinski definition) is 5. The lowest BCUT2D eigenvalue weighted by molar-refractivity contribution is 0.0798. The fourth-order valence-electron chi connectivity index (χ4n) is 2.86. The summed E-state index contributed by atoms with van der Waals surface area (Å²) < 4.78 is 5.73. The SMILES string of the molecule is Cc1ccc(C(=O)NC[C@@H]2CCO[C@@H]2c2n[nH]c(C)n2)c(C)n1. The second-order valence-electron chi connectivity index (χ2n) is 5.91. The third kappa shape index (κ3) is 3.39. The van der Waals surface area contributed by atoms with Crippen molar-refractivity contribution in [1.82, 2.24) is 25.5 Å². The van der Waals surface area contributed by atoms with Gasteiger partial charge >= 0.3 is 0 Å². The summed E-state index contributed by atoms with van der Waals surface area (Å²) in [6.07, 6.45) is 0.710. The number of nitrogens with zero attached hydrogens (tertiary/aromatic N) is 3. The summed E-state index contributed by atoms with van der Waals surface area (Å²) >= 11 is 0. The molecule has 2 atom stereocenters. The van der Waals surface area contributed by atoms with Gasteiger partial charge in [0, 0.05) is 24.8 Å². The molecule has 0 spiro atoms. The zero-order valence-corrected chi connectivity index (χ0v) is 13.6. The molecule has 2 aromatic rings. The molecule has 0 aromatic carbocycles. The predicted octanol–water partition coefficient (Wildman–Crippen LogP) is 1.63. The highest BCUT2D eigenvalue weighted by molar-refractivity contribution is 5.95. The molecule has 0 unspecified atom stereocenters. The van der Waals surface area contributed by atoms with Crippen LogP contribution in [0.2, 0.25) is 0 Å². The Bertz CT molecular complexity index is 712. The van der Waals surface area contributed by atoms with E-state index in [4.69, 9.17) is 4.74 Å². The molecule has 1 aliphatic heterocycles. The van der Waals surface area contributed by atoms with E-state index in [-0.39, 0.29) is 17.9 Å². The van der Waals surface area contributed by atoms with E-state index >= 15 is 0 Å². The van der Waals surface area contributed by atoms with Crippen molar-refractivity contribution in [1.29, 1.82) is 0 Å². The van der Waals surface area contributed by atoms with Crippen LogP contribution in [0.5, 0.6) is 0 Å². The van der Waals surface area contributed by atoms with Gasteiger partial charge in [0.1, 0.15) is 11.9 Å². The van der Waals surface area contributed by atoms with Gasteiger partial charge in [-0.25, -0.2) is 4.98 Å². The van der Waals surface area contributed by atoms with Crippen LogP contribution in [0.25, 0.3) is 0 Å². The normalized spacial score (nSPS) is 20.7. The first-order valence-corrected chi connectivity index (χ1v) is 7.77. The minimum absolute atomic E-state index is 0.105. The van der Waals surface area contributed by atoms with Gasteiger partial charge in [-0.1, -0.05) is 0 Å². The number of rotatable bonds is 4. The van der Waals surface area contributed by atoms with E-state index in [1.165, 1.54) is 0 Å². The summed E-state index contributed by atoms with van der Waals surface area (Å²) in [4.78, 5) is 21.0. The lowest BCUT2D eigenvalue weighted by Gasteiger charge is -2.16. The number of amides is 1. The first-order chi connectivity index (χ1) is 11.0. The Morgan fingerprint density at radius 2 is 2.17 bits per heavy atom. The van der Waals surface area contributed by atoms with Gasteiger partial charge in [-0.3, -0.25) is 14.9 Å². The monoisotopic (exact) mass is 315 g/mol. The van der Waals surface area contributed by atoms with Gasteiger partial charge in [0.25, 0.3) is 5.91 Å². The number of aryl methyl sites for hydroxylation is 3. The number of aromatic amines is 1. The van der Waals surface area contributed by atoms with E-state index in [9.17, 15) is 4.79 Å². The van der Waals surface area contributed by atoms with Crippen LogP contribution in [-0.2, 0) is 4.74 Å². The van der Waals surface area contributed by atoms with Crippen LogP contribution in [0.3, 0.4) is 0 Å². The highest BCUT2D eigenvalue weighted by atomic mass is 16.5. The van der Waals surface area contributed by atoms with Gasteiger partial charge in [-0.2, -0.15) is 5.10 Å². The van der Waals surface area contributed by atoms with Crippen molar-refractivity contribution in [3.8, 4) is 0 Å². The van der Waals surface area contributed by atoms with Crippen LogP contribution in [0, 0.1) is 26.7 Å². The number of pyridine rings is 1. The van der Waals surface area contributed by atoms with E-state index in [1.807, 2.05) is 32.9 Å². The van der Waals surface area contributed by atoms with Crippen molar-refractivity contribution in [2.45, 2.75) is 33.3 Å². The molecular weight excluding hydrogens is 294 g/mol. The Hall–Kier alpha value is -2.28. The predicted molar refractivity (Wildman–Crippen MR) is 84.0 cm³/mol. The van der Waals surface area contributed by atoms with Crippen LogP contribution in [-0.4, -0.2) is 39.2 Å². The maximum atomic E-state index is 12.4. The summed E-state index contributed by atoms with van der Waals surface area (Å²) in [5.74, 6) is 1.49. The molecule has 0 aliphatic carbocycles. The lowest BCUT2D eigenvalue weighted by atomic mass is 10.0. The van der Waals surface area contributed by atoms with Crippen molar-refractivity contribution in [3.63, 3.8) is 0 Å². The number of H-pyrrole nitrogens is 1. The first kappa shape index (κ1) is 15.6. The van der Waals surface area contributed by atoms with E-state index in [2.05, 4.69) is 25.5 Å². The molecule has 122 valence electrons. The average molecular weight is 315 g/mol. The van der Waals surface area contributed by atoms with Gasteiger partial charge in [-0.05, 0) is 39.3 Å². The van der Waals surface area contributed by atoms with Crippen molar-refractivity contribution < 1.29 is 9.53 Å². The van der Waals surface area contributed by atoms with Crippen LogP contribution in [0.1, 0.15) is 45.9 Å². The average Bonchev–Trinajstić information content (AvgIpc) is 3.13. The molecule has 0 bridgehead atoms. The molecule has 2 aromatic heterocycles. The number of ether oxygens (including phenoxy) is 1. The molecular formula is C16H21N5O2. The second kappa shape index (κ2) is 6.45. The second-order valence-corrected chi connectivity index (χ2v) is 5.91. The van der Waals surface area contributed by atoms with Gasteiger partial charge in [0.15, 0.2) is 5.82 Å². The van der Waals surface area contributed by atoms with Gasteiger partial charge in [0.2, 0.25) is 0 Å². The Morgan fingerprint density at radius 3 is 2.87 bits per heavy atom. The van der Waals surface area contributed by atoms with Gasteiger partial charge < -0.3 is 10.1 Å². The molecule has 7 nitrogen and oxygen atoms in total. The standard InChI is InChI=1S/C16H21N5O2/c1-9-4-5-13(10(2)18-9)16(22)17-8-12-6-7-23-14(12)15-19-11(3)20-21-15/h4-5,12,14H,6-8H2,1-3H3,(H,17,22)(H,19,20,21)/t12-,14-/m0/s1. The third-order valence-corrected chi connectivity index (χ3v) is 4.08. The number of carbonyl (C=O) groups is 1. The first-order valence-electron chi connectivity index (χ1n) is 7.77. The molecule has 1 aliphatic rings. The van der Waals surface area contributed by atoms with Crippen LogP contribution < -0.4 is 5.32 Å². The Labute approximate surface area is 134 Å². The molecule has 0 radical (unpaired) electrons. The fraction of sp³-hybridized carbons (Fsp3) is 0.500. The highest BCUT2D eigenvalue weighted by Crippen LogP contribution is 2.32. The number of nitrogens with one attached hydrogen (secondary N) is 2. The topological polar surface area (TPSA) is 92.8 Å². The van der Waals surface area contributed by atoms with Crippen LogP contribution in [0.4, 0.5) is 0 Å². The summed E-state index contributed by atoms with van der Waals surface area (Å²) in [6, 6.07) is 3.66. The maximum Gasteiger partial charge on any atom is 0.253 e. The molecule has 1 amide bonds. The third-order valence-electron chi connectivity index (χ3n) is 4.08. The Morgan fingerprint density at radius 1 is 1.35 bits per heavy atom. The van der Waals surface area contributed by atoms with E-state index in [0.29, 0.717) is 24.5 Å². The molecule has 1 saturated heterocycles. The molecule has 1 fully saturated rings. The van der Waals surface area contributed by atoms with Crippen molar-refractivity contribution in [2.24, 2.45) is 5.92 Å². The van der Waals surface area contributed by atoms with E-state index in [0.717, 1.165) is 23.6 Å². The maximum absolute atomic E-state index is 12.4. The molecule has 3 heterocycles. The van der Waals surface area contributed by atoms with Crippen LogP contribution >= 0.6 is 0 Å². The fourth-order valence-corrected chi connectivity index (χ4v) is 2.86. The summed E-state index contributed by atoms with van der Waals surface area (Å²) in [7, 11) is 0. The minimum atomic E-state index is -0.169. The lowest BCUT2D eigenvalue weighted by Crippen LogP contribution is -2.31.